The average Bonchev–Trinajstić information content (AvgIpc) is 2.92. The Bertz CT molecular complexity index is 718. The van der Waals surface area contributed by atoms with Gasteiger partial charge in [-0.2, -0.15) is 4.31 Å². The zero-order valence-corrected chi connectivity index (χ0v) is 16.8. The minimum Gasteiger partial charge on any atom is -0.333 e. The summed E-state index contributed by atoms with van der Waals surface area (Å²) in [4.78, 5) is 14.8. The van der Waals surface area contributed by atoms with Crippen LogP contribution in [0.3, 0.4) is 0 Å². The first-order valence-electron chi connectivity index (χ1n) is 9.12. The van der Waals surface area contributed by atoms with E-state index < -0.39 is 10.0 Å². The number of sulfonamides is 1. The molecule has 0 bridgehead atoms. The van der Waals surface area contributed by atoms with Gasteiger partial charge in [-0.05, 0) is 38.0 Å². The number of nitrogens with one attached hydrogen (secondary N) is 1. The lowest BCUT2D eigenvalue weighted by Crippen LogP contribution is -2.52. The standard InChI is InChI=1S/C18H27N3O3S.ClH/c1-15-14-19-9-12-21(15)18(22)16-7-6-8-17(13-16)25(23,24)20-10-4-2-3-5-11-20;/h6-8,13,15,19H,2-5,9-12,14H2,1H3;1H. The van der Waals surface area contributed by atoms with Crippen LogP contribution in [0, 0.1) is 0 Å². The normalized spacial score (nSPS) is 22.3. The molecule has 1 unspecified atom stereocenters. The molecule has 2 heterocycles. The fourth-order valence-corrected chi connectivity index (χ4v) is 5.09. The van der Waals surface area contributed by atoms with Crippen LogP contribution >= 0.6 is 12.4 Å². The molecule has 26 heavy (non-hydrogen) atoms. The van der Waals surface area contributed by atoms with Gasteiger partial charge in [0.25, 0.3) is 5.91 Å². The Morgan fingerprint density at radius 3 is 2.46 bits per heavy atom. The van der Waals surface area contributed by atoms with E-state index in [0.29, 0.717) is 25.2 Å². The quantitative estimate of drug-likeness (QED) is 0.842. The van der Waals surface area contributed by atoms with Gasteiger partial charge in [0.1, 0.15) is 0 Å². The van der Waals surface area contributed by atoms with Crippen LogP contribution in [-0.2, 0) is 10.0 Å². The van der Waals surface area contributed by atoms with Crippen molar-refractivity contribution in [2.75, 3.05) is 32.7 Å². The van der Waals surface area contributed by atoms with Gasteiger partial charge in [0.15, 0.2) is 0 Å². The zero-order valence-electron chi connectivity index (χ0n) is 15.2. The van der Waals surface area contributed by atoms with Gasteiger partial charge in [0, 0.05) is 44.3 Å². The van der Waals surface area contributed by atoms with Crippen molar-refractivity contribution in [1.82, 2.24) is 14.5 Å². The molecule has 2 fully saturated rings. The van der Waals surface area contributed by atoms with Crippen molar-refractivity contribution in [2.24, 2.45) is 0 Å². The molecule has 1 amide bonds. The first-order valence-corrected chi connectivity index (χ1v) is 10.6. The minimum absolute atomic E-state index is 0. The summed E-state index contributed by atoms with van der Waals surface area (Å²) in [6.07, 6.45) is 3.95. The van der Waals surface area contributed by atoms with Gasteiger partial charge >= 0.3 is 0 Å². The number of nitrogens with zero attached hydrogens (tertiary/aromatic N) is 2. The number of carbonyl (C=O) groups is 1. The number of rotatable bonds is 3. The van der Waals surface area contributed by atoms with Crippen molar-refractivity contribution < 1.29 is 13.2 Å². The highest BCUT2D eigenvalue weighted by atomic mass is 35.5. The van der Waals surface area contributed by atoms with E-state index in [4.69, 9.17) is 0 Å². The second-order valence-corrected chi connectivity index (χ2v) is 8.84. The number of piperazine rings is 1. The van der Waals surface area contributed by atoms with Crippen molar-refractivity contribution in [3.63, 3.8) is 0 Å². The Kier molecular flexibility index (Phi) is 7.46. The molecule has 0 aliphatic carbocycles. The first-order chi connectivity index (χ1) is 12.0. The maximum absolute atomic E-state index is 12.9. The molecule has 146 valence electrons. The Morgan fingerprint density at radius 2 is 1.81 bits per heavy atom. The van der Waals surface area contributed by atoms with E-state index in [0.717, 1.165) is 38.8 Å². The molecule has 6 nitrogen and oxygen atoms in total. The van der Waals surface area contributed by atoms with Crippen LogP contribution in [0.2, 0.25) is 0 Å². The van der Waals surface area contributed by atoms with E-state index in [2.05, 4.69) is 5.32 Å². The van der Waals surface area contributed by atoms with Crippen LogP contribution in [0.1, 0.15) is 43.0 Å². The van der Waals surface area contributed by atoms with Gasteiger partial charge in [-0.3, -0.25) is 4.79 Å². The van der Waals surface area contributed by atoms with Crippen molar-refractivity contribution >= 4 is 28.3 Å². The molecule has 0 aromatic heterocycles. The zero-order chi connectivity index (χ0) is 17.9. The Hall–Kier alpha value is -1.15. The van der Waals surface area contributed by atoms with E-state index in [1.165, 1.54) is 6.07 Å². The van der Waals surface area contributed by atoms with Gasteiger partial charge in [-0.1, -0.05) is 18.9 Å². The number of benzene rings is 1. The van der Waals surface area contributed by atoms with Crippen molar-refractivity contribution in [3.05, 3.63) is 29.8 Å². The van der Waals surface area contributed by atoms with E-state index in [1.807, 2.05) is 11.8 Å². The summed E-state index contributed by atoms with van der Waals surface area (Å²) in [7, 11) is -3.54. The second kappa shape index (κ2) is 9.17. The summed E-state index contributed by atoms with van der Waals surface area (Å²) in [5, 5.41) is 3.26. The molecule has 8 heteroatoms. The maximum atomic E-state index is 12.9. The number of amides is 1. The van der Waals surface area contributed by atoms with E-state index in [1.54, 1.807) is 22.5 Å². The second-order valence-electron chi connectivity index (χ2n) is 6.90. The summed E-state index contributed by atoms with van der Waals surface area (Å²) in [6.45, 7) is 5.30. The highest BCUT2D eigenvalue weighted by Crippen LogP contribution is 2.22. The molecule has 1 atom stereocenters. The molecule has 1 aromatic carbocycles. The lowest BCUT2D eigenvalue weighted by Gasteiger charge is -2.34. The van der Waals surface area contributed by atoms with E-state index in [-0.39, 0.29) is 29.3 Å². The van der Waals surface area contributed by atoms with Crippen LogP contribution in [0.4, 0.5) is 0 Å². The lowest BCUT2D eigenvalue weighted by atomic mass is 10.1. The van der Waals surface area contributed by atoms with Gasteiger partial charge in [-0.15, -0.1) is 12.4 Å². The maximum Gasteiger partial charge on any atom is 0.254 e. The molecule has 1 N–H and O–H groups in total. The molecule has 0 saturated carbocycles. The van der Waals surface area contributed by atoms with Crippen LogP contribution < -0.4 is 5.32 Å². The Balaban J connectivity index is 0.00000243. The predicted octanol–water partition coefficient (Wildman–Crippen LogP) is 2.11. The fourth-order valence-electron chi connectivity index (χ4n) is 3.53. The Labute approximate surface area is 162 Å². The summed E-state index contributed by atoms with van der Waals surface area (Å²) in [5.74, 6) is -0.0954. The monoisotopic (exact) mass is 401 g/mol. The SMILES string of the molecule is CC1CNCCN1C(=O)c1cccc(S(=O)(=O)N2CCCCCC2)c1.Cl. The first kappa shape index (κ1) is 21.2. The molecular formula is C18H28ClN3O3S. The van der Waals surface area contributed by atoms with Crippen molar-refractivity contribution in [3.8, 4) is 0 Å². The van der Waals surface area contributed by atoms with Crippen LogP contribution in [0.15, 0.2) is 29.2 Å². The third-order valence-corrected chi connectivity index (χ3v) is 6.94. The average molecular weight is 402 g/mol. The van der Waals surface area contributed by atoms with E-state index in [9.17, 15) is 13.2 Å². The molecular weight excluding hydrogens is 374 g/mol. The fraction of sp³-hybridized carbons (Fsp3) is 0.611. The molecule has 0 spiro atoms. The summed E-state index contributed by atoms with van der Waals surface area (Å²) >= 11 is 0. The van der Waals surface area contributed by atoms with Crippen LogP contribution in [-0.4, -0.2) is 62.3 Å². The molecule has 2 aliphatic rings. The molecule has 0 radical (unpaired) electrons. The third kappa shape index (κ3) is 4.57. The van der Waals surface area contributed by atoms with Gasteiger partial charge in [0.05, 0.1) is 4.90 Å². The van der Waals surface area contributed by atoms with Gasteiger partial charge in [0.2, 0.25) is 10.0 Å². The summed E-state index contributed by atoms with van der Waals surface area (Å²) in [5.41, 5.74) is 0.449. The Morgan fingerprint density at radius 1 is 1.12 bits per heavy atom. The lowest BCUT2D eigenvalue weighted by molar-refractivity contribution is 0.0655. The molecule has 3 rings (SSSR count). The predicted molar refractivity (Wildman–Crippen MR) is 104 cm³/mol. The minimum atomic E-state index is -3.54. The van der Waals surface area contributed by atoms with Gasteiger partial charge < -0.3 is 10.2 Å². The van der Waals surface area contributed by atoms with E-state index >= 15 is 0 Å². The van der Waals surface area contributed by atoms with Gasteiger partial charge in [-0.25, -0.2) is 8.42 Å². The third-order valence-electron chi connectivity index (χ3n) is 5.05. The summed E-state index contributed by atoms with van der Waals surface area (Å²) in [6, 6.07) is 6.62. The van der Waals surface area contributed by atoms with Crippen LogP contribution in [0.25, 0.3) is 0 Å². The number of carbonyl (C=O) groups excluding carboxylic acids is 1. The van der Waals surface area contributed by atoms with Crippen LogP contribution in [0.5, 0.6) is 0 Å². The number of halogens is 1. The largest absolute Gasteiger partial charge is 0.333 e. The topological polar surface area (TPSA) is 69.7 Å². The highest BCUT2D eigenvalue weighted by Gasteiger charge is 2.28. The molecule has 2 aliphatic heterocycles. The number of hydrogen-bond acceptors (Lipinski definition) is 4. The molecule has 2 saturated heterocycles. The van der Waals surface area contributed by atoms with Crippen molar-refractivity contribution in [2.45, 2.75) is 43.5 Å². The number of hydrogen-bond donors (Lipinski definition) is 1. The van der Waals surface area contributed by atoms with Crippen molar-refractivity contribution in [1.29, 1.82) is 0 Å². The molecule has 1 aromatic rings. The smallest absolute Gasteiger partial charge is 0.254 e. The highest BCUT2D eigenvalue weighted by molar-refractivity contribution is 7.89. The summed E-state index contributed by atoms with van der Waals surface area (Å²) < 4.78 is 27.5.